The van der Waals surface area contributed by atoms with Crippen LogP contribution in [0.4, 0.5) is 10.1 Å². The van der Waals surface area contributed by atoms with E-state index in [9.17, 15) is 14.0 Å². The second kappa shape index (κ2) is 9.50. The minimum atomic E-state index is -0.304. The lowest BCUT2D eigenvalue weighted by Crippen LogP contribution is -2.21. The lowest BCUT2D eigenvalue weighted by atomic mass is 10.1. The molecule has 0 heterocycles. The van der Waals surface area contributed by atoms with Crippen LogP contribution in [0.2, 0.25) is 0 Å². The summed E-state index contributed by atoms with van der Waals surface area (Å²) in [6.07, 6.45) is 0.174. The molecule has 2 amide bonds. The van der Waals surface area contributed by atoms with E-state index >= 15 is 0 Å². The van der Waals surface area contributed by atoms with Gasteiger partial charge in [-0.25, -0.2) is 4.39 Å². The fourth-order valence-corrected chi connectivity index (χ4v) is 2.73. The number of nitrogens with one attached hydrogen (secondary N) is 2. The molecule has 0 aromatic heterocycles. The molecule has 0 fully saturated rings. The summed E-state index contributed by atoms with van der Waals surface area (Å²) in [7, 11) is 1.57. The predicted octanol–water partition coefficient (Wildman–Crippen LogP) is 3.95. The van der Waals surface area contributed by atoms with E-state index in [0.717, 1.165) is 11.1 Å². The highest BCUT2D eigenvalue weighted by Crippen LogP contribution is 2.19. The first-order valence-corrected chi connectivity index (χ1v) is 9.12. The van der Waals surface area contributed by atoms with Crippen molar-refractivity contribution in [2.24, 2.45) is 0 Å². The summed E-state index contributed by atoms with van der Waals surface area (Å²) >= 11 is 0. The Morgan fingerprint density at radius 1 is 0.966 bits per heavy atom. The molecule has 0 saturated heterocycles. The third-order valence-electron chi connectivity index (χ3n) is 4.31. The van der Waals surface area contributed by atoms with Gasteiger partial charge < -0.3 is 15.4 Å². The molecule has 3 aromatic rings. The molecular formula is C23H21FN2O3. The lowest BCUT2D eigenvalue weighted by Gasteiger charge is -2.12. The van der Waals surface area contributed by atoms with Gasteiger partial charge in [-0.2, -0.15) is 0 Å². The van der Waals surface area contributed by atoms with Crippen molar-refractivity contribution in [1.82, 2.24) is 5.32 Å². The SMILES string of the molecule is CNC(=O)Cc1ccccc1NC(=O)c1cccc(OCc2ccc(F)cc2)c1. The molecular weight excluding hydrogens is 371 g/mol. The molecule has 0 aliphatic heterocycles. The van der Waals surface area contributed by atoms with Crippen molar-refractivity contribution in [2.75, 3.05) is 12.4 Å². The maximum absolute atomic E-state index is 13.0. The maximum atomic E-state index is 13.0. The number of para-hydroxylation sites is 1. The molecule has 0 spiro atoms. The van der Waals surface area contributed by atoms with Gasteiger partial charge in [-0.1, -0.05) is 36.4 Å². The number of ether oxygens (including phenoxy) is 1. The van der Waals surface area contributed by atoms with Crippen LogP contribution in [0.25, 0.3) is 0 Å². The molecule has 5 nitrogen and oxygen atoms in total. The minimum absolute atomic E-state index is 0.136. The molecule has 0 radical (unpaired) electrons. The van der Waals surface area contributed by atoms with Gasteiger partial charge in [0.15, 0.2) is 0 Å². The number of anilines is 1. The zero-order chi connectivity index (χ0) is 20.6. The molecule has 148 valence electrons. The highest BCUT2D eigenvalue weighted by Gasteiger charge is 2.12. The number of carbonyl (C=O) groups excluding carboxylic acids is 2. The number of halogens is 1. The van der Waals surface area contributed by atoms with Crippen molar-refractivity contribution in [3.05, 3.63) is 95.3 Å². The smallest absolute Gasteiger partial charge is 0.255 e. The summed E-state index contributed by atoms with van der Waals surface area (Å²) < 4.78 is 18.7. The Morgan fingerprint density at radius 3 is 2.48 bits per heavy atom. The van der Waals surface area contributed by atoms with Gasteiger partial charge in [-0.05, 0) is 47.5 Å². The number of likely N-dealkylation sites (N-methyl/N-ethyl adjacent to an activating group) is 1. The first kappa shape index (κ1) is 20.1. The number of amides is 2. The average molecular weight is 392 g/mol. The van der Waals surface area contributed by atoms with Crippen LogP contribution in [-0.4, -0.2) is 18.9 Å². The monoisotopic (exact) mass is 392 g/mol. The third-order valence-corrected chi connectivity index (χ3v) is 4.31. The summed E-state index contributed by atoms with van der Waals surface area (Å²) in [5, 5.41) is 5.42. The molecule has 3 aromatic carbocycles. The van der Waals surface area contributed by atoms with E-state index in [2.05, 4.69) is 10.6 Å². The Hall–Kier alpha value is -3.67. The normalized spacial score (nSPS) is 10.3. The fraction of sp³-hybridized carbons (Fsp3) is 0.130. The molecule has 0 atom stereocenters. The van der Waals surface area contributed by atoms with Crippen LogP contribution >= 0.6 is 0 Å². The van der Waals surface area contributed by atoms with Crippen LogP contribution in [0, 0.1) is 5.82 Å². The number of benzene rings is 3. The first-order valence-electron chi connectivity index (χ1n) is 9.12. The van der Waals surface area contributed by atoms with Crippen LogP contribution in [0.3, 0.4) is 0 Å². The predicted molar refractivity (Wildman–Crippen MR) is 109 cm³/mol. The van der Waals surface area contributed by atoms with Crippen molar-refractivity contribution in [1.29, 1.82) is 0 Å². The molecule has 0 saturated carbocycles. The van der Waals surface area contributed by atoms with E-state index in [0.29, 0.717) is 17.0 Å². The molecule has 0 aliphatic carbocycles. The van der Waals surface area contributed by atoms with Crippen molar-refractivity contribution in [3.63, 3.8) is 0 Å². The van der Waals surface area contributed by atoms with E-state index in [-0.39, 0.29) is 30.7 Å². The van der Waals surface area contributed by atoms with Crippen molar-refractivity contribution < 1.29 is 18.7 Å². The highest BCUT2D eigenvalue weighted by atomic mass is 19.1. The van der Waals surface area contributed by atoms with Crippen LogP contribution < -0.4 is 15.4 Å². The summed E-state index contributed by atoms with van der Waals surface area (Å²) in [6.45, 7) is 0.264. The zero-order valence-corrected chi connectivity index (χ0v) is 15.9. The second-order valence-electron chi connectivity index (χ2n) is 6.40. The van der Waals surface area contributed by atoms with E-state index < -0.39 is 0 Å². The summed E-state index contributed by atoms with van der Waals surface area (Å²) in [4.78, 5) is 24.4. The fourth-order valence-electron chi connectivity index (χ4n) is 2.73. The zero-order valence-electron chi connectivity index (χ0n) is 15.9. The van der Waals surface area contributed by atoms with E-state index in [1.165, 1.54) is 12.1 Å². The average Bonchev–Trinajstić information content (AvgIpc) is 2.75. The number of rotatable bonds is 7. The molecule has 6 heteroatoms. The van der Waals surface area contributed by atoms with Crippen LogP contribution in [0.5, 0.6) is 5.75 Å². The molecule has 2 N–H and O–H groups in total. The Bertz CT molecular complexity index is 1000. The van der Waals surface area contributed by atoms with Gasteiger partial charge in [0.2, 0.25) is 5.91 Å². The number of hydrogen-bond donors (Lipinski definition) is 2. The van der Waals surface area contributed by atoms with Gasteiger partial charge in [0.05, 0.1) is 6.42 Å². The van der Waals surface area contributed by atoms with Gasteiger partial charge in [-0.15, -0.1) is 0 Å². The third kappa shape index (κ3) is 5.65. The quantitative estimate of drug-likeness (QED) is 0.640. The largest absolute Gasteiger partial charge is 0.489 e. The topological polar surface area (TPSA) is 67.4 Å². The van der Waals surface area contributed by atoms with Crippen LogP contribution in [-0.2, 0) is 17.8 Å². The van der Waals surface area contributed by atoms with Gasteiger partial charge in [0, 0.05) is 18.3 Å². The number of hydrogen-bond acceptors (Lipinski definition) is 3. The number of carbonyl (C=O) groups is 2. The highest BCUT2D eigenvalue weighted by molar-refractivity contribution is 6.05. The van der Waals surface area contributed by atoms with Gasteiger partial charge in [0.1, 0.15) is 18.2 Å². The van der Waals surface area contributed by atoms with Crippen LogP contribution in [0.15, 0.2) is 72.8 Å². The van der Waals surface area contributed by atoms with Crippen molar-refractivity contribution >= 4 is 17.5 Å². The van der Waals surface area contributed by atoms with Gasteiger partial charge in [-0.3, -0.25) is 9.59 Å². The maximum Gasteiger partial charge on any atom is 0.255 e. The molecule has 29 heavy (non-hydrogen) atoms. The lowest BCUT2D eigenvalue weighted by molar-refractivity contribution is -0.119. The first-order chi connectivity index (χ1) is 14.0. The Labute approximate surface area is 168 Å². The molecule has 3 rings (SSSR count). The Morgan fingerprint density at radius 2 is 1.72 bits per heavy atom. The molecule has 0 unspecified atom stereocenters. The van der Waals surface area contributed by atoms with Crippen molar-refractivity contribution in [2.45, 2.75) is 13.0 Å². The van der Waals surface area contributed by atoms with Crippen molar-refractivity contribution in [3.8, 4) is 5.75 Å². The Kier molecular flexibility index (Phi) is 6.58. The van der Waals surface area contributed by atoms with Gasteiger partial charge >= 0.3 is 0 Å². The minimum Gasteiger partial charge on any atom is -0.489 e. The Balaban J connectivity index is 1.68. The summed E-state index contributed by atoms with van der Waals surface area (Å²) in [5.74, 6) is -0.214. The van der Waals surface area contributed by atoms with E-state index in [1.54, 1.807) is 61.6 Å². The standard InChI is InChI=1S/C23H21FN2O3/c1-25-22(27)14-17-5-2-3-8-21(17)26-23(28)18-6-4-7-20(13-18)29-15-16-9-11-19(24)12-10-16/h2-13H,14-15H2,1H3,(H,25,27)(H,26,28). The molecule has 0 bridgehead atoms. The van der Waals surface area contributed by atoms with E-state index in [4.69, 9.17) is 4.74 Å². The van der Waals surface area contributed by atoms with Crippen LogP contribution in [0.1, 0.15) is 21.5 Å². The summed E-state index contributed by atoms with van der Waals surface area (Å²) in [5.41, 5.74) is 2.56. The second-order valence-corrected chi connectivity index (χ2v) is 6.40. The molecule has 0 aliphatic rings. The van der Waals surface area contributed by atoms with E-state index in [1.807, 2.05) is 6.07 Å². The summed E-state index contributed by atoms with van der Waals surface area (Å²) in [6, 6.07) is 20.0. The van der Waals surface area contributed by atoms with Gasteiger partial charge in [0.25, 0.3) is 5.91 Å².